The number of nitrogens with one attached hydrogen (secondary N) is 1. The molecular weight excluding hydrogens is 452 g/mol. The van der Waals surface area contributed by atoms with Gasteiger partial charge in [-0.05, 0) is 55.0 Å². The van der Waals surface area contributed by atoms with Gasteiger partial charge in [-0.2, -0.15) is 0 Å². The molecule has 1 atom stereocenters. The molecule has 0 saturated heterocycles. The Kier molecular flexibility index (Phi) is 6.26. The van der Waals surface area contributed by atoms with E-state index < -0.39 is 11.9 Å². The van der Waals surface area contributed by atoms with Gasteiger partial charge in [-0.1, -0.05) is 22.9 Å². The largest absolute Gasteiger partial charge is 0.508 e. The summed E-state index contributed by atoms with van der Waals surface area (Å²) in [5.41, 5.74) is 2.26. The number of amides is 1. The Morgan fingerprint density at radius 3 is 2.43 bits per heavy atom. The lowest BCUT2D eigenvalue weighted by Gasteiger charge is -2.09. The summed E-state index contributed by atoms with van der Waals surface area (Å²) >= 11 is 3.35. The van der Waals surface area contributed by atoms with E-state index in [0.717, 1.165) is 4.47 Å². The lowest BCUT2D eigenvalue weighted by atomic mass is 10.1. The summed E-state index contributed by atoms with van der Waals surface area (Å²) in [4.78, 5) is 36.6. The number of carboxylic acid groups (broad SMARTS) is 1. The topological polar surface area (TPSA) is 109 Å². The first-order valence-electron chi connectivity index (χ1n) is 9.31. The summed E-state index contributed by atoms with van der Waals surface area (Å²) in [6.45, 7) is 3.26. The Morgan fingerprint density at radius 2 is 1.80 bits per heavy atom. The number of carbonyl (C=O) groups excluding carboxylic acids is 2. The van der Waals surface area contributed by atoms with Gasteiger partial charge < -0.3 is 15.5 Å². The van der Waals surface area contributed by atoms with Gasteiger partial charge in [0.05, 0.1) is 17.9 Å². The van der Waals surface area contributed by atoms with Crippen molar-refractivity contribution in [2.24, 2.45) is 5.92 Å². The van der Waals surface area contributed by atoms with Crippen LogP contribution in [0.5, 0.6) is 5.75 Å². The molecule has 1 aromatic heterocycles. The number of halogens is 1. The monoisotopic (exact) mass is 472 g/mol. The number of carbonyl (C=O) groups is 3. The van der Waals surface area contributed by atoms with Crippen LogP contribution < -0.4 is 5.32 Å². The number of aliphatic carboxylic acids is 1. The van der Waals surface area contributed by atoms with Crippen LogP contribution in [0.3, 0.4) is 0 Å². The van der Waals surface area contributed by atoms with Gasteiger partial charge in [-0.25, -0.2) is 0 Å². The van der Waals surface area contributed by atoms with Crippen molar-refractivity contribution >= 4 is 44.6 Å². The number of aromatic hydroxyl groups is 1. The van der Waals surface area contributed by atoms with Crippen molar-refractivity contribution in [3.63, 3.8) is 0 Å². The zero-order chi connectivity index (χ0) is 22.0. The van der Waals surface area contributed by atoms with E-state index in [4.69, 9.17) is 5.11 Å². The molecule has 3 rings (SSSR count). The minimum atomic E-state index is -0.992. The molecule has 0 spiro atoms. The summed E-state index contributed by atoms with van der Waals surface area (Å²) in [6, 6.07) is 11.6. The van der Waals surface area contributed by atoms with Crippen LogP contribution in [0.15, 0.2) is 46.9 Å². The number of nitrogens with zero attached hydrogens (tertiary/aromatic N) is 1. The Balaban J connectivity index is 1.99. The fraction of sp³-hybridized carbons (Fsp3) is 0.227. The highest BCUT2D eigenvalue weighted by Crippen LogP contribution is 2.30. The van der Waals surface area contributed by atoms with Crippen molar-refractivity contribution in [1.29, 1.82) is 0 Å². The van der Waals surface area contributed by atoms with Crippen molar-refractivity contribution in [2.45, 2.75) is 20.3 Å². The third-order valence-electron chi connectivity index (χ3n) is 4.98. The van der Waals surface area contributed by atoms with Gasteiger partial charge in [0, 0.05) is 27.7 Å². The molecule has 2 aromatic carbocycles. The lowest BCUT2D eigenvalue weighted by molar-refractivity contribution is -0.141. The molecule has 0 saturated carbocycles. The molecule has 8 heteroatoms. The minimum absolute atomic E-state index is 0.00886. The van der Waals surface area contributed by atoms with E-state index in [1.807, 2.05) is 0 Å². The average Bonchev–Trinajstić information content (AvgIpc) is 2.97. The molecule has 3 aromatic rings. The van der Waals surface area contributed by atoms with Crippen LogP contribution in [-0.4, -0.2) is 39.1 Å². The first-order chi connectivity index (χ1) is 14.2. The van der Waals surface area contributed by atoms with Gasteiger partial charge >= 0.3 is 5.97 Å². The fourth-order valence-corrected chi connectivity index (χ4v) is 3.52. The van der Waals surface area contributed by atoms with Gasteiger partial charge in [0.1, 0.15) is 5.75 Å². The number of hydrogen-bond acceptors (Lipinski definition) is 4. The van der Waals surface area contributed by atoms with Crippen molar-refractivity contribution < 1.29 is 24.6 Å². The second-order valence-electron chi connectivity index (χ2n) is 7.13. The van der Waals surface area contributed by atoms with Crippen LogP contribution in [-0.2, 0) is 16.0 Å². The standard InChI is InChI=1S/C22H21BrN2O5/c1-12(22(29)30)11-24-20(27)10-17-13(2)25(19-8-7-16(26)9-18(17)19)21(28)14-3-5-15(23)6-4-14/h3-9,12,26H,10-11H2,1-2H3,(H,24,27)(H,29,30). The van der Waals surface area contributed by atoms with Gasteiger partial charge in [0.15, 0.2) is 0 Å². The Labute approximate surface area is 181 Å². The van der Waals surface area contributed by atoms with Crippen molar-refractivity contribution in [1.82, 2.24) is 9.88 Å². The maximum absolute atomic E-state index is 13.2. The third-order valence-corrected chi connectivity index (χ3v) is 5.51. The predicted molar refractivity (Wildman–Crippen MR) is 116 cm³/mol. The van der Waals surface area contributed by atoms with E-state index in [0.29, 0.717) is 27.7 Å². The van der Waals surface area contributed by atoms with E-state index in [-0.39, 0.29) is 30.5 Å². The molecule has 30 heavy (non-hydrogen) atoms. The Hall–Kier alpha value is -3.13. The van der Waals surface area contributed by atoms with Gasteiger partial charge in [0.2, 0.25) is 5.91 Å². The maximum atomic E-state index is 13.2. The number of aromatic nitrogens is 1. The fourth-order valence-electron chi connectivity index (χ4n) is 3.25. The minimum Gasteiger partial charge on any atom is -0.508 e. The second-order valence-corrected chi connectivity index (χ2v) is 8.05. The SMILES string of the molecule is Cc1c(CC(=O)NCC(C)C(=O)O)c2cc(O)ccc2n1C(=O)c1ccc(Br)cc1. The second kappa shape index (κ2) is 8.71. The highest BCUT2D eigenvalue weighted by Gasteiger charge is 2.22. The molecule has 7 nitrogen and oxygen atoms in total. The number of phenolic OH excluding ortho intramolecular Hbond substituents is 1. The van der Waals surface area contributed by atoms with Crippen molar-refractivity contribution in [2.75, 3.05) is 6.54 Å². The molecule has 3 N–H and O–H groups in total. The van der Waals surface area contributed by atoms with E-state index in [1.54, 1.807) is 37.3 Å². The van der Waals surface area contributed by atoms with Crippen molar-refractivity contribution in [3.05, 3.63) is 63.8 Å². The highest BCUT2D eigenvalue weighted by atomic mass is 79.9. The molecule has 0 aliphatic heterocycles. The van der Waals surface area contributed by atoms with Crippen LogP contribution >= 0.6 is 15.9 Å². The Morgan fingerprint density at radius 1 is 1.13 bits per heavy atom. The summed E-state index contributed by atoms with van der Waals surface area (Å²) < 4.78 is 2.38. The first-order valence-corrected chi connectivity index (χ1v) is 10.1. The number of phenols is 1. The first kappa shape index (κ1) is 21.6. The molecule has 1 unspecified atom stereocenters. The van der Waals surface area contributed by atoms with Gasteiger partial charge in [-0.3, -0.25) is 19.0 Å². The van der Waals surface area contributed by atoms with Crippen molar-refractivity contribution in [3.8, 4) is 5.75 Å². The normalized spacial score (nSPS) is 12.0. The number of hydrogen-bond donors (Lipinski definition) is 3. The van der Waals surface area contributed by atoms with E-state index in [2.05, 4.69) is 21.2 Å². The summed E-state index contributed by atoms with van der Waals surface area (Å²) in [6.07, 6.45) is -0.0429. The zero-order valence-electron chi connectivity index (χ0n) is 16.5. The van der Waals surface area contributed by atoms with Gasteiger partial charge in [0.25, 0.3) is 5.91 Å². The summed E-state index contributed by atoms with van der Waals surface area (Å²) in [7, 11) is 0. The van der Waals surface area contributed by atoms with Crippen LogP contribution in [0.2, 0.25) is 0 Å². The molecule has 0 bridgehead atoms. The number of fused-ring (bicyclic) bond motifs is 1. The molecule has 156 valence electrons. The van der Waals surface area contributed by atoms with E-state index in [9.17, 15) is 19.5 Å². The van der Waals surface area contributed by atoms with Crippen LogP contribution in [0, 0.1) is 12.8 Å². The smallest absolute Gasteiger partial charge is 0.308 e. The number of benzene rings is 2. The Bertz CT molecular complexity index is 1130. The molecular formula is C22H21BrN2O5. The van der Waals surface area contributed by atoms with Gasteiger partial charge in [-0.15, -0.1) is 0 Å². The highest BCUT2D eigenvalue weighted by molar-refractivity contribution is 9.10. The zero-order valence-corrected chi connectivity index (χ0v) is 18.1. The summed E-state index contributed by atoms with van der Waals surface area (Å²) in [5, 5.41) is 22.1. The quantitative estimate of drug-likeness (QED) is 0.508. The third kappa shape index (κ3) is 4.38. The molecule has 0 fully saturated rings. The number of carboxylic acids is 1. The van der Waals surface area contributed by atoms with Crippen LogP contribution in [0.4, 0.5) is 0 Å². The van der Waals surface area contributed by atoms with E-state index in [1.165, 1.54) is 23.6 Å². The number of rotatable bonds is 6. The van der Waals surface area contributed by atoms with Crippen LogP contribution in [0.25, 0.3) is 10.9 Å². The molecule has 0 aliphatic rings. The lowest BCUT2D eigenvalue weighted by Crippen LogP contribution is -2.32. The van der Waals surface area contributed by atoms with Crippen LogP contribution in [0.1, 0.15) is 28.5 Å². The predicted octanol–water partition coefficient (Wildman–Crippen LogP) is 3.49. The molecule has 0 aliphatic carbocycles. The van der Waals surface area contributed by atoms with E-state index >= 15 is 0 Å². The molecule has 1 heterocycles. The molecule has 1 amide bonds. The molecule has 0 radical (unpaired) electrons. The summed E-state index contributed by atoms with van der Waals surface area (Å²) in [5.74, 6) is -2.28. The average molecular weight is 473 g/mol. The maximum Gasteiger partial charge on any atom is 0.308 e.